The summed E-state index contributed by atoms with van der Waals surface area (Å²) in [6.07, 6.45) is 15.4. The molecule has 3 heteroatoms. The van der Waals surface area contributed by atoms with E-state index in [0.29, 0.717) is 31.2 Å². The molecule has 4 fully saturated rings. The fourth-order valence-electron chi connectivity index (χ4n) is 9.94. The lowest BCUT2D eigenvalue weighted by Crippen LogP contribution is -2.53. The molecule has 4 bridgehead atoms. The highest BCUT2D eigenvalue weighted by Gasteiger charge is 2.69. The second kappa shape index (κ2) is 7.19. The molecule has 0 spiro atoms. The minimum atomic E-state index is 0.295. The first kappa shape index (κ1) is 23.6. The van der Waals surface area contributed by atoms with E-state index in [0.717, 1.165) is 24.7 Å². The fraction of sp³-hybridized carbons (Fsp3) is 0.828. The largest absolute Gasteiger partial charge is 0.258 e. The number of aromatic nitrogens is 1. The molecule has 0 aromatic carbocycles. The lowest BCUT2D eigenvalue weighted by atomic mass is 9.61. The van der Waals surface area contributed by atoms with Gasteiger partial charge in [0.2, 0.25) is 0 Å². The monoisotopic (exact) mass is 471 g/mol. The minimum Gasteiger partial charge on any atom is -0.258 e. The van der Waals surface area contributed by atoms with E-state index in [1.54, 1.807) is 0 Å². The second-order valence-corrected chi connectivity index (χ2v) is 15.7. The van der Waals surface area contributed by atoms with Gasteiger partial charge in [-0.05, 0) is 96.7 Å². The van der Waals surface area contributed by atoms with Crippen LogP contribution in [0.25, 0.3) is 0 Å². The first-order valence-corrected chi connectivity index (χ1v) is 15.4. The molecule has 1 heterocycles. The molecule has 0 unspecified atom stereocenters. The zero-order valence-electron chi connectivity index (χ0n) is 21.8. The molecule has 0 amide bonds. The predicted molar refractivity (Wildman–Crippen MR) is 143 cm³/mol. The SMILES string of the molecule is CS[C@@]1(Cc2cccc(C[C@]3(SC)C(C)(C)[C@H]4CC[C@]3(C)C4)n2)C(C)(C)[C@H]2CC[C@]1(C)C2. The van der Waals surface area contributed by atoms with Crippen LogP contribution >= 0.6 is 23.5 Å². The summed E-state index contributed by atoms with van der Waals surface area (Å²) in [5.74, 6) is 1.75. The van der Waals surface area contributed by atoms with Gasteiger partial charge in [-0.3, -0.25) is 4.98 Å². The van der Waals surface area contributed by atoms with Gasteiger partial charge in [-0.25, -0.2) is 0 Å². The Morgan fingerprint density at radius 2 is 1.16 bits per heavy atom. The van der Waals surface area contributed by atoms with E-state index < -0.39 is 0 Å². The Morgan fingerprint density at radius 1 is 0.750 bits per heavy atom. The molecular formula is C29H45NS2. The highest BCUT2D eigenvalue weighted by molar-refractivity contribution is 8.00. The molecule has 0 saturated heterocycles. The van der Waals surface area contributed by atoms with Crippen molar-refractivity contribution in [2.45, 2.75) is 102 Å². The maximum Gasteiger partial charge on any atom is 0.0421 e. The summed E-state index contributed by atoms with van der Waals surface area (Å²) in [7, 11) is 0. The predicted octanol–water partition coefficient (Wildman–Crippen LogP) is 8.06. The summed E-state index contributed by atoms with van der Waals surface area (Å²) < 4.78 is 0.590. The fourth-order valence-corrected chi connectivity index (χ4v) is 13.3. The van der Waals surface area contributed by atoms with Gasteiger partial charge in [0.05, 0.1) is 0 Å². The van der Waals surface area contributed by atoms with E-state index in [1.807, 2.05) is 0 Å². The number of thioether (sulfide) groups is 2. The van der Waals surface area contributed by atoms with Crippen molar-refractivity contribution in [1.82, 2.24) is 4.98 Å². The van der Waals surface area contributed by atoms with Crippen molar-refractivity contribution in [3.05, 3.63) is 29.6 Å². The van der Waals surface area contributed by atoms with Crippen LogP contribution < -0.4 is 0 Å². The third-order valence-corrected chi connectivity index (χ3v) is 15.7. The Bertz CT molecular complexity index is 825. The van der Waals surface area contributed by atoms with Crippen LogP contribution in [0.2, 0.25) is 0 Å². The molecule has 5 rings (SSSR count). The maximum atomic E-state index is 5.42. The van der Waals surface area contributed by atoms with Gasteiger partial charge < -0.3 is 0 Å². The van der Waals surface area contributed by atoms with Crippen molar-refractivity contribution in [2.24, 2.45) is 33.5 Å². The van der Waals surface area contributed by atoms with Crippen molar-refractivity contribution in [2.75, 3.05) is 12.5 Å². The number of fused-ring (bicyclic) bond motifs is 4. The van der Waals surface area contributed by atoms with Crippen LogP contribution in [0.3, 0.4) is 0 Å². The quantitative estimate of drug-likeness (QED) is 0.416. The number of nitrogens with zero attached hydrogens (tertiary/aromatic N) is 1. The summed E-state index contributed by atoms with van der Waals surface area (Å²) in [5, 5.41) is 0. The topological polar surface area (TPSA) is 12.9 Å². The molecule has 6 atom stereocenters. The Hall–Kier alpha value is -0.150. The van der Waals surface area contributed by atoms with Crippen LogP contribution in [0.15, 0.2) is 18.2 Å². The zero-order chi connectivity index (χ0) is 23.2. The summed E-state index contributed by atoms with van der Waals surface area (Å²) in [6, 6.07) is 6.96. The van der Waals surface area contributed by atoms with E-state index in [2.05, 4.69) is 95.8 Å². The molecule has 1 aromatic heterocycles. The molecule has 32 heavy (non-hydrogen) atoms. The lowest BCUT2D eigenvalue weighted by molar-refractivity contribution is 0.106. The molecule has 0 aliphatic heterocycles. The third-order valence-electron chi connectivity index (χ3n) is 12.0. The zero-order valence-corrected chi connectivity index (χ0v) is 23.4. The molecule has 4 aliphatic rings. The van der Waals surface area contributed by atoms with Crippen molar-refractivity contribution >= 4 is 23.5 Å². The summed E-state index contributed by atoms with van der Waals surface area (Å²) in [6.45, 7) is 15.4. The molecule has 1 nitrogen and oxygen atoms in total. The summed E-state index contributed by atoms with van der Waals surface area (Å²) in [4.78, 5) is 5.42. The maximum absolute atomic E-state index is 5.42. The average molecular weight is 472 g/mol. The molecule has 0 N–H and O–H groups in total. The van der Waals surface area contributed by atoms with E-state index in [-0.39, 0.29) is 0 Å². The third kappa shape index (κ3) is 2.70. The number of hydrogen-bond donors (Lipinski definition) is 0. The van der Waals surface area contributed by atoms with Crippen molar-refractivity contribution in [3.8, 4) is 0 Å². The Labute approximate surface area is 206 Å². The van der Waals surface area contributed by atoms with E-state index in [1.165, 1.54) is 49.9 Å². The van der Waals surface area contributed by atoms with Crippen molar-refractivity contribution in [1.29, 1.82) is 0 Å². The molecule has 4 aliphatic carbocycles. The number of pyridine rings is 1. The minimum absolute atomic E-state index is 0.295. The first-order valence-electron chi connectivity index (χ1n) is 13.0. The number of hydrogen-bond acceptors (Lipinski definition) is 3. The van der Waals surface area contributed by atoms with Gasteiger partial charge in [0, 0.05) is 33.7 Å². The van der Waals surface area contributed by atoms with Gasteiger partial charge in [-0.15, -0.1) is 0 Å². The highest BCUT2D eigenvalue weighted by Crippen LogP contribution is 2.74. The van der Waals surface area contributed by atoms with Crippen LogP contribution in [0.1, 0.15) is 91.5 Å². The van der Waals surface area contributed by atoms with E-state index in [4.69, 9.17) is 4.98 Å². The molecule has 1 aromatic rings. The molecule has 178 valence electrons. The van der Waals surface area contributed by atoms with Gasteiger partial charge in [-0.1, -0.05) is 47.6 Å². The molecular weight excluding hydrogens is 426 g/mol. The lowest BCUT2D eigenvalue weighted by Gasteiger charge is -2.54. The van der Waals surface area contributed by atoms with Crippen LogP contribution in [0, 0.1) is 33.5 Å². The summed E-state index contributed by atoms with van der Waals surface area (Å²) >= 11 is 4.30. The van der Waals surface area contributed by atoms with Gasteiger partial charge >= 0.3 is 0 Å². The Kier molecular flexibility index (Phi) is 5.30. The van der Waals surface area contributed by atoms with Crippen LogP contribution in [0.5, 0.6) is 0 Å². The highest BCUT2D eigenvalue weighted by atomic mass is 32.2. The van der Waals surface area contributed by atoms with Crippen LogP contribution in [-0.2, 0) is 12.8 Å². The van der Waals surface area contributed by atoms with E-state index in [9.17, 15) is 0 Å². The van der Waals surface area contributed by atoms with Crippen molar-refractivity contribution in [3.63, 3.8) is 0 Å². The summed E-state index contributed by atoms with van der Waals surface area (Å²) in [5.41, 5.74) is 4.30. The van der Waals surface area contributed by atoms with Gasteiger partial charge in [0.15, 0.2) is 0 Å². The van der Waals surface area contributed by atoms with Gasteiger partial charge in [-0.2, -0.15) is 23.5 Å². The Morgan fingerprint density at radius 3 is 1.47 bits per heavy atom. The standard InChI is InChI=1S/C29H45NS2/c1-24(2)20-12-14-26(5,16-20)28(24,31-7)18-22-10-9-11-23(30-22)19-29(32-8)25(3,4)21-13-15-27(29,6)17-21/h9-11,20-21H,12-19H2,1-8H3/t20-,21-,26+,27+,28-,29-/m0/s1. The van der Waals surface area contributed by atoms with Gasteiger partial charge in [0.25, 0.3) is 0 Å². The molecule has 0 radical (unpaired) electrons. The van der Waals surface area contributed by atoms with Crippen LogP contribution in [0.4, 0.5) is 0 Å². The van der Waals surface area contributed by atoms with E-state index >= 15 is 0 Å². The van der Waals surface area contributed by atoms with Gasteiger partial charge in [0.1, 0.15) is 0 Å². The van der Waals surface area contributed by atoms with Crippen molar-refractivity contribution < 1.29 is 0 Å². The smallest absolute Gasteiger partial charge is 0.0421 e. The second-order valence-electron chi connectivity index (χ2n) is 13.5. The number of rotatable bonds is 6. The normalized spacial score (nSPS) is 45.6. The Balaban J connectivity index is 1.47. The van der Waals surface area contributed by atoms with Crippen LogP contribution in [-0.4, -0.2) is 27.0 Å². The average Bonchev–Trinajstić information content (AvgIpc) is 3.41. The first-order chi connectivity index (χ1) is 14.9. The molecule has 4 saturated carbocycles.